The lowest BCUT2D eigenvalue weighted by Crippen LogP contribution is -2.35. The lowest BCUT2D eigenvalue weighted by molar-refractivity contribution is -0.117. The molecule has 0 radical (unpaired) electrons. The van der Waals surface area contributed by atoms with Crippen LogP contribution in [-0.4, -0.2) is 40.1 Å². The molecule has 5 nitrogen and oxygen atoms in total. The molecule has 0 spiro atoms. The number of piperidine rings is 1. The van der Waals surface area contributed by atoms with Crippen LogP contribution >= 0.6 is 0 Å². The van der Waals surface area contributed by atoms with Crippen LogP contribution in [0.25, 0.3) is 0 Å². The molecule has 0 aliphatic carbocycles. The normalized spacial score (nSPS) is 16.4. The molecule has 1 aromatic rings. The molecule has 1 aromatic heterocycles. The Balaban J connectivity index is 0.00000106. The first-order valence-corrected chi connectivity index (χ1v) is 8.14. The zero-order valence-electron chi connectivity index (χ0n) is 13.7. The van der Waals surface area contributed by atoms with E-state index in [0.29, 0.717) is 24.8 Å². The second-order valence-electron chi connectivity index (χ2n) is 5.41. The molecule has 1 fully saturated rings. The zero-order chi connectivity index (χ0) is 15.7. The van der Waals surface area contributed by atoms with Crippen LogP contribution < -0.4 is 5.73 Å². The van der Waals surface area contributed by atoms with Crippen molar-refractivity contribution in [3.05, 3.63) is 18.0 Å². The highest BCUT2D eigenvalue weighted by molar-refractivity contribution is 5.75. The summed E-state index contributed by atoms with van der Waals surface area (Å²) in [5.41, 5.74) is 6.71. The largest absolute Gasteiger partial charge is 0.326 e. The van der Waals surface area contributed by atoms with Gasteiger partial charge in [0.05, 0.1) is 12.2 Å². The zero-order valence-corrected chi connectivity index (χ0v) is 13.7. The van der Waals surface area contributed by atoms with Crippen molar-refractivity contribution >= 4 is 5.78 Å². The van der Waals surface area contributed by atoms with Gasteiger partial charge in [0.15, 0.2) is 0 Å². The highest BCUT2D eigenvalue weighted by atomic mass is 16.1. The van der Waals surface area contributed by atoms with Gasteiger partial charge in [-0.1, -0.05) is 13.8 Å². The minimum Gasteiger partial charge on any atom is -0.326 e. The van der Waals surface area contributed by atoms with Crippen LogP contribution in [0.2, 0.25) is 0 Å². The molecular weight excluding hydrogens is 264 g/mol. The number of Topliss-reactive ketones (excluding diaryl/α,β-unsaturated/α-hetero) is 1. The molecule has 0 amide bonds. The number of likely N-dealkylation sites (tertiary alicyclic amines) is 1. The summed E-state index contributed by atoms with van der Waals surface area (Å²) in [7, 11) is 0. The van der Waals surface area contributed by atoms with E-state index in [1.807, 2.05) is 20.0 Å². The Morgan fingerprint density at radius 2 is 2.05 bits per heavy atom. The third-order valence-electron chi connectivity index (χ3n) is 3.83. The SMILES string of the molecule is CC.CC(=O)CCCN1CCC(n2cc(CN)cn2)CC1. The third-order valence-corrected chi connectivity index (χ3v) is 3.83. The lowest BCUT2D eigenvalue weighted by atomic mass is 10.0. The summed E-state index contributed by atoms with van der Waals surface area (Å²) in [5, 5.41) is 4.39. The molecule has 5 heteroatoms. The van der Waals surface area contributed by atoms with Gasteiger partial charge in [-0.25, -0.2) is 0 Å². The van der Waals surface area contributed by atoms with Gasteiger partial charge in [0.1, 0.15) is 5.78 Å². The standard InChI is InChI=1S/C14H24N4O.C2H6/c1-12(19)3-2-6-17-7-4-14(5-8-17)18-11-13(9-15)10-16-18;1-2/h10-11,14H,2-9,15H2,1H3;1-2H3. The van der Waals surface area contributed by atoms with Gasteiger partial charge in [0.2, 0.25) is 0 Å². The van der Waals surface area contributed by atoms with Crippen LogP contribution in [0, 0.1) is 0 Å². The molecule has 0 unspecified atom stereocenters. The van der Waals surface area contributed by atoms with Crippen molar-refractivity contribution in [2.45, 2.75) is 59.0 Å². The van der Waals surface area contributed by atoms with Crippen molar-refractivity contribution < 1.29 is 4.79 Å². The molecule has 1 saturated heterocycles. The van der Waals surface area contributed by atoms with Crippen molar-refractivity contribution in [3.63, 3.8) is 0 Å². The second kappa shape index (κ2) is 9.68. The molecular formula is C16H30N4O. The van der Waals surface area contributed by atoms with Crippen molar-refractivity contribution in [2.75, 3.05) is 19.6 Å². The van der Waals surface area contributed by atoms with Gasteiger partial charge in [-0.3, -0.25) is 4.68 Å². The monoisotopic (exact) mass is 294 g/mol. The Kier molecular flexibility index (Phi) is 8.23. The predicted molar refractivity (Wildman–Crippen MR) is 86.1 cm³/mol. The fourth-order valence-corrected chi connectivity index (χ4v) is 2.64. The summed E-state index contributed by atoms with van der Waals surface area (Å²) >= 11 is 0. The average Bonchev–Trinajstić information content (AvgIpc) is 2.99. The molecule has 0 atom stereocenters. The Hall–Kier alpha value is -1.20. The van der Waals surface area contributed by atoms with E-state index in [-0.39, 0.29) is 0 Å². The topological polar surface area (TPSA) is 64.2 Å². The number of carbonyl (C=O) groups is 1. The summed E-state index contributed by atoms with van der Waals surface area (Å²) in [6.45, 7) is 9.46. The molecule has 0 bridgehead atoms. The highest BCUT2D eigenvalue weighted by Gasteiger charge is 2.20. The molecule has 2 rings (SSSR count). The Bertz CT molecular complexity index is 408. The van der Waals surface area contributed by atoms with Crippen LogP contribution in [0.1, 0.15) is 58.1 Å². The lowest BCUT2D eigenvalue weighted by Gasteiger charge is -2.31. The van der Waals surface area contributed by atoms with Crippen LogP contribution in [-0.2, 0) is 11.3 Å². The molecule has 21 heavy (non-hydrogen) atoms. The van der Waals surface area contributed by atoms with Gasteiger partial charge >= 0.3 is 0 Å². The summed E-state index contributed by atoms with van der Waals surface area (Å²) in [6.07, 6.45) is 7.88. The van der Waals surface area contributed by atoms with E-state index in [0.717, 1.165) is 44.5 Å². The maximum absolute atomic E-state index is 10.9. The van der Waals surface area contributed by atoms with E-state index in [1.54, 1.807) is 6.92 Å². The van der Waals surface area contributed by atoms with Crippen molar-refractivity contribution in [3.8, 4) is 0 Å². The quantitative estimate of drug-likeness (QED) is 0.875. The number of nitrogens with two attached hydrogens (primary N) is 1. The number of rotatable bonds is 6. The molecule has 0 saturated carbocycles. The van der Waals surface area contributed by atoms with Gasteiger partial charge < -0.3 is 15.4 Å². The van der Waals surface area contributed by atoms with Crippen LogP contribution in [0.3, 0.4) is 0 Å². The summed E-state index contributed by atoms with van der Waals surface area (Å²) in [4.78, 5) is 13.4. The first kappa shape index (κ1) is 17.9. The van der Waals surface area contributed by atoms with E-state index in [1.165, 1.54) is 0 Å². The van der Waals surface area contributed by atoms with Crippen molar-refractivity contribution in [1.82, 2.24) is 14.7 Å². The molecule has 1 aliphatic heterocycles. The second-order valence-corrected chi connectivity index (χ2v) is 5.41. The molecule has 2 N–H and O–H groups in total. The number of carbonyl (C=O) groups excluding carboxylic acids is 1. The first-order chi connectivity index (χ1) is 10.2. The first-order valence-electron chi connectivity index (χ1n) is 8.14. The van der Waals surface area contributed by atoms with Crippen LogP contribution in [0.5, 0.6) is 0 Å². The summed E-state index contributed by atoms with van der Waals surface area (Å²) < 4.78 is 2.06. The van der Waals surface area contributed by atoms with Gasteiger partial charge in [0, 0.05) is 37.8 Å². The van der Waals surface area contributed by atoms with Gasteiger partial charge in [-0.2, -0.15) is 5.10 Å². The van der Waals surface area contributed by atoms with E-state index < -0.39 is 0 Å². The number of ketones is 1. The molecule has 120 valence electrons. The van der Waals surface area contributed by atoms with E-state index in [9.17, 15) is 4.79 Å². The Morgan fingerprint density at radius 1 is 1.38 bits per heavy atom. The smallest absolute Gasteiger partial charge is 0.129 e. The summed E-state index contributed by atoms with van der Waals surface area (Å²) in [5.74, 6) is 0.292. The fraction of sp³-hybridized carbons (Fsp3) is 0.750. The maximum atomic E-state index is 10.9. The van der Waals surface area contributed by atoms with Crippen LogP contribution in [0.15, 0.2) is 12.4 Å². The third kappa shape index (κ3) is 5.98. The van der Waals surface area contributed by atoms with Crippen molar-refractivity contribution in [1.29, 1.82) is 0 Å². The number of hydrogen-bond acceptors (Lipinski definition) is 4. The van der Waals surface area contributed by atoms with Crippen LogP contribution in [0.4, 0.5) is 0 Å². The Labute approximate surface area is 128 Å². The Morgan fingerprint density at radius 3 is 2.57 bits per heavy atom. The van der Waals surface area contributed by atoms with E-state index in [2.05, 4.69) is 20.9 Å². The maximum Gasteiger partial charge on any atom is 0.129 e. The average molecular weight is 294 g/mol. The molecule has 2 heterocycles. The van der Waals surface area contributed by atoms with Gasteiger partial charge in [-0.15, -0.1) is 0 Å². The van der Waals surface area contributed by atoms with E-state index >= 15 is 0 Å². The van der Waals surface area contributed by atoms with Crippen molar-refractivity contribution in [2.24, 2.45) is 5.73 Å². The minimum absolute atomic E-state index is 0.292. The number of aromatic nitrogens is 2. The highest BCUT2D eigenvalue weighted by Crippen LogP contribution is 2.22. The van der Waals surface area contributed by atoms with Gasteiger partial charge in [-0.05, 0) is 32.7 Å². The predicted octanol–water partition coefficient (Wildman–Crippen LogP) is 2.37. The van der Waals surface area contributed by atoms with E-state index in [4.69, 9.17) is 5.73 Å². The fourth-order valence-electron chi connectivity index (χ4n) is 2.64. The summed E-state index contributed by atoms with van der Waals surface area (Å²) in [6, 6.07) is 0.504. The molecule has 1 aliphatic rings. The van der Waals surface area contributed by atoms with Gasteiger partial charge in [0.25, 0.3) is 0 Å². The number of hydrogen-bond donors (Lipinski definition) is 1. The molecule has 0 aromatic carbocycles. The minimum atomic E-state index is 0.292. The number of nitrogens with zero attached hydrogens (tertiary/aromatic N) is 3.